The fourth-order valence-corrected chi connectivity index (χ4v) is 2.29. The van der Waals surface area contributed by atoms with Gasteiger partial charge >= 0.3 is 0 Å². The monoisotopic (exact) mass is 234 g/mol. The topological polar surface area (TPSA) is 45.4 Å². The van der Waals surface area contributed by atoms with Crippen molar-refractivity contribution in [1.82, 2.24) is 14.8 Å². The normalized spacial score (nSPS) is 22.9. The van der Waals surface area contributed by atoms with Crippen LogP contribution in [-0.4, -0.2) is 47.5 Å². The number of nitrogens with zero attached hydrogens (tertiary/aromatic N) is 3. The highest BCUT2D eigenvalue weighted by molar-refractivity contribution is 5.13. The van der Waals surface area contributed by atoms with Crippen molar-refractivity contribution in [3.8, 4) is 0 Å². The molecule has 2 rings (SSSR count). The van der Waals surface area contributed by atoms with E-state index >= 15 is 0 Å². The molecule has 1 unspecified atom stereocenters. The maximum absolute atomic E-state index is 5.57. The number of rotatable bonds is 3. The van der Waals surface area contributed by atoms with Crippen molar-refractivity contribution in [2.75, 3.05) is 26.7 Å². The van der Waals surface area contributed by atoms with E-state index in [-0.39, 0.29) is 0 Å². The second-order valence-corrected chi connectivity index (χ2v) is 4.94. The molecule has 2 N–H and O–H groups in total. The lowest BCUT2D eigenvalue weighted by molar-refractivity contribution is 0.0927. The molecule has 0 spiro atoms. The highest BCUT2D eigenvalue weighted by Crippen LogP contribution is 2.11. The number of likely N-dealkylation sites (N-methyl/N-ethyl adjacent to an activating group) is 1. The zero-order valence-electron chi connectivity index (χ0n) is 10.8. The molecule has 1 fully saturated rings. The predicted molar refractivity (Wildman–Crippen MR) is 69.5 cm³/mol. The van der Waals surface area contributed by atoms with Crippen LogP contribution in [0, 0.1) is 0 Å². The average molecular weight is 234 g/mol. The van der Waals surface area contributed by atoms with Gasteiger partial charge in [0.2, 0.25) is 0 Å². The third kappa shape index (κ3) is 3.25. The maximum atomic E-state index is 5.57. The highest BCUT2D eigenvalue weighted by atomic mass is 15.3. The summed E-state index contributed by atoms with van der Waals surface area (Å²) in [6.07, 6.45) is 1.88. The average Bonchev–Trinajstić information content (AvgIpc) is 2.34. The maximum Gasteiger partial charge on any atom is 0.0544 e. The first kappa shape index (κ1) is 12.5. The fraction of sp³-hybridized carbons (Fsp3) is 0.615. The van der Waals surface area contributed by atoms with Gasteiger partial charge in [-0.1, -0.05) is 6.07 Å². The summed E-state index contributed by atoms with van der Waals surface area (Å²) in [6, 6.07) is 4.76. The molecule has 1 aliphatic heterocycles. The van der Waals surface area contributed by atoms with E-state index in [1.165, 1.54) is 0 Å². The number of aromatic nitrogens is 1. The van der Waals surface area contributed by atoms with Gasteiger partial charge in [0.05, 0.1) is 5.69 Å². The van der Waals surface area contributed by atoms with Gasteiger partial charge in [-0.25, -0.2) is 0 Å². The van der Waals surface area contributed by atoms with Crippen molar-refractivity contribution in [3.05, 3.63) is 29.6 Å². The Bertz CT molecular complexity index is 349. The first-order valence-corrected chi connectivity index (χ1v) is 6.25. The predicted octanol–water partition coefficient (Wildman–Crippen LogP) is 0.676. The molecule has 0 amide bonds. The molecule has 94 valence electrons. The van der Waals surface area contributed by atoms with Crippen molar-refractivity contribution in [1.29, 1.82) is 0 Å². The van der Waals surface area contributed by atoms with Crippen molar-refractivity contribution >= 4 is 0 Å². The van der Waals surface area contributed by atoms with Crippen LogP contribution < -0.4 is 5.73 Å². The second kappa shape index (κ2) is 5.58. The van der Waals surface area contributed by atoms with E-state index in [0.717, 1.165) is 37.4 Å². The molecule has 2 heterocycles. The summed E-state index contributed by atoms with van der Waals surface area (Å²) in [7, 11) is 2.18. The van der Waals surface area contributed by atoms with Crippen molar-refractivity contribution in [2.45, 2.75) is 26.1 Å². The summed E-state index contributed by atoms with van der Waals surface area (Å²) in [4.78, 5) is 9.33. The summed E-state index contributed by atoms with van der Waals surface area (Å²) >= 11 is 0. The van der Waals surface area contributed by atoms with Crippen molar-refractivity contribution < 1.29 is 0 Å². The Kier molecular flexibility index (Phi) is 4.10. The lowest BCUT2D eigenvalue weighted by atomic mass is 10.2. The lowest BCUT2D eigenvalue weighted by Crippen LogP contribution is -2.49. The summed E-state index contributed by atoms with van der Waals surface area (Å²) in [5.74, 6) is 0. The Hall–Kier alpha value is -0.970. The van der Waals surface area contributed by atoms with E-state index in [2.05, 4.69) is 40.9 Å². The largest absolute Gasteiger partial charge is 0.326 e. The van der Waals surface area contributed by atoms with Gasteiger partial charge in [0.25, 0.3) is 0 Å². The molecular weight excluding hydrogens is 212 g/mol. The number of hydrogen-bond acceptors (Lipinski definition) is 4. The standard InChI is InChI=1S/C13H22N4/c1-11-9-16(2)5-6-17(11)10-13-4-3-12(7-14)8-15-13/h3-4,8,11H,5-7,9-10,14H2,1-2H3. The van der Waals surface area contributed by atoms with Gasteiger partial charge in [-0.2, -0.15) is 0 Å². The van der Waals surface area contributed by atoms with Crippen LogP contribution in [-0.2, 0) is 13.1 Å². The first-order valence-electron chi connectivity index (χ1n) is 6.25. The van der Waals surface area contributed by atoms with E-state index in [4.69, 9.17) is 5.73 Å². The van der Waals surface area contributed by atoms with Gasteiger partial charge in [0, 0.05) is 45.0 Å². The molecule has 4 heteroatoms. The second-order valence-electron chi connectivity index (χ2n) is 4.94. The van der Waals surface area contributed by atoms with Crippen LogP contribution in [0.2, 0.25) is 0 Å². The molecule has 0 saturated carbocycles. The fourth-order valence-electron chi connectivity index (χ4n) is 2.29. The molecule has 1 saturated heterocycles. The van der Waals surface area contributed by atoms with Crippen LogP contribution in [0.5, 0.6) is 0 Å². The Morgan fingerprint density at radius 2 is 2.24 bits per heavy atom. The van der Waals surface area contributed by atoms with E-state index in [1.54, 1.807) is 0 Å². The van der Waals surface area contributed by atoms with E-state index in [0.29, 0.717) is 12.6 Å². The number of piperazine rings is 1. The SMILES string of the molecule is CC1CN(C)CCN1Cc1ccc(CN)cn1. The molecule has 4 nitrogen and oxygen atoms in total. The van der Waals surface area contributed by atoms with Crippen molar-refractivity contribution in [2.24, 2.45) is 5.73 Å². The number of nitrogens with two attached hydrogens (primary N) is 1. The summed E-state index contributed by atoms with van der Waals surface area (Å²) in [5, 5.41) is 0. The summed E-state index contributed by atoms with van der Waals surface area (Å²) in [6.45, 7) is 7.20. The molecule has 0 aliphatic carbocycles. The minimum absolute atomic E-state index is 0.568. The van der Waals surface area contributed by atoms with Gasteiger partial charge in [-0.05, 0) is 25.6 Å². The van der Waals surface area contributed by atoms with Crippen LogP contribution in [0.15, 0.2) is 18.3 Å². The molecular formula is C13H22N4. The molecule has 1 aromatic rings. The van der Waals surface area contributed by atoms with Gasteiger partial charge in [0.15, 0.2) is 0 Å². The number of pyridine rings is 1. The Morgan fingerprint density at radius 3 is 2.82 bits per heavy atom. The molecule has 17 heavy (non-hydrogen) atoms. The Morgan fingerprint density at radius 1 is 1.41 bits per heavy atom. The van der Waals surface area contributed by atoms with Gasteiger partial charge in [0.1, 0.15) is 0 Å². The van der Waals surface area contributed by atoms with E-state index in [9.17, 15) is 0 Å². The minimum atomic E-state index is 0.568. The third-order valence-electron chi connectivity index (χ3n) is 3.45. The summed E-state index contributed by atoms with van der Waals surface area (Å²) < 4.78 is 0. The molecule has 1 atom stereocenters. The first-order chi connectivity index (χ1) is 8.19. The van der Waals surface area contributed by atoms with Crippen molar-refractivity contribution in [3.63, 3.8) is 0 Å². The van der Waals surface area contributed by atoms with E-state index < -0.39 is 0 Å². The quantitative estimate of drug-likeness (QED) is 0.835. The Labute approximate surface area is 103 Å². The van der Waals surface area contributed by atoms with Crippen LogP contribution in [0.4, 0.5) is 0 Å². The number of hydrogen-bond donors (Lipinski definition) is 1. The van der Waals surface area contributed by atoms with Crippen LogP contribution in [0.25, 0.3) is 0 Å². The summed E-state index contributed by atoms with van der Waals surface area (Å²) in [5.41, 5.74) is 7.80. The van der Waals surface area contributed by atoms with E-state index in [1.807, 2.05) is 6.20 Å². The van der Waals surface area contributed by atoms with Crippen LogP contribution in [0.1, 0.15) is 18.2 Å². The molecule has 1 aliphatic rings. The van der Waals surface area contributed by atoms with Crippen LogP contribution in [0.3, 0.4) is 0 Å². The van der Waals surface area contributed by atoms with Crippen LogP contribution >= 0.6 is 0 Å². The lowest BCUT2D eigenvalue weighted by Gasteiger charge is -2.37. The molecule has 0 aromatic carbocycles. The zero-order valence-corrected chi connectivity index (χ0v) is 10.8. The smallest absolute Gasteiger partial charge is 0.0544 e. The highest BCUT2D eigenvalue weighted by Gasteiger charge is 2.21. The molecule has 0 bridgehead atoms. The van der Waals surface area contributed by atoms with Gasteiger partial charge in [-0.15, -0.1) is 0 Å². The van der Waals surface area contributed by atoms with Gasteiger partial charge in [-0.3, -0.25) is 9.88 Å². The third-order valence-corrected chi connectivity index (χ3v) is 3.45. The minimum Gasteiger partial charge on any atom is -0.326 e. The zero-order chi connectivity index (χ0) is 12.3. The van der Waals surface area contributed by atoms with Gasteiger partial charge < -0.3 is 10.6 Å². The molecule has 0 radical (unpaired) electrons. The molecule has 1 aromatic heterocycles. The Balaban J connectivity index is 1.95.